The van der Waals surface area contributed by atoms with Crippen LogP contribution in [0.4, 0.5) is 10.6 Å². The highest BCUT2D eigenvalue weighted by molar-refractivity contribution is 6.30. The van der Waals surface area contributed by atoms with Crippen LogP contribution in [0.5, 0.6) is 0 Å². The van der Waals surface area contributed by atoms with E-state index in [1.807, 2.05) is 30.3 Å². The Morgan fingerprint density at radius 2 is 1.97 bits per heavy atom. The topological polar surface area (TPSA) is 98.6 Å². The molecule has 0 radical (unpaired) electrons. The predicted molar refractivity (Wildman–Crippen MR) is 133 cm³/mol. The van der Waals surface area contributed by atoms with E-state index < -0.39 is 11.6 Å². The monoisotopic (exact) mass is 495 g/mol. The molecule has 1 N–H and O–H groups in total. The maximum Gasteiger partial charge on any atom is 0.410 e. The molecule has 8 nitrogen and oxygen atoms in total. The van der Waals surface area contributed by atoms with Gasteiger partial charge in [0.1, 0.15) is 17.4 Å². The number of likely N-dealkylation sites (N-methyl/N-ethyl adjacent to an activating group) is 1. The van der Waals surface area contributed by atoms with Gasteiger partial charge in [0, 0.05) is 56.3 Å². The van der Waals surface area contributed by atoms with Crippen molar-refractivity contribution < 1.29 is 14.3 Å². The van der Waals surface area contributed by atoms with Crippen LogP contribution in [0.2, 0.25) is 5.02 Å². The molecule has 0 spiro atoms. The second-order valence-corrected chi connectivity index (χ2v) is 9.50. The molecule has 1 aromatic heterocycles. The van der Waals surface area contributed by atoms with Crippen LogP contribution in [0, 0.1) is 17.2 Å². The second-order valence-electron chi connectivity index (χ2n) is 9.06. The highest BCUT2D eigenvalue weighted by Crippen LogP contribution is 2.41. The summed E-state index contributed by atoms with van der Waals surface area (Å²) < 4.78 is 5.32. The molecule has 0 unspecified atom stereocenters. The Morgan fingerprint density at radius 1 is 1.26 bits per heavy atom. The lowest BCUT2D eigenvalue weighted by atomic mass is 9.72. The minimum atomic E-state index is -1.06. The normalized spacial score (nSPS) is 22.5. The number of hydrogen-bond donors (Lipinski definition) is 1. The Morgan fingerprint density at radius 3 is 2.57 bits per heavy atom. The molecule has 2 atom stereocenters. The highest BCUT2D eigenvalue weighted by atomic mass is 35.5. The number of Topliss-reactive ketones (excluding diaryl/α,β-unsaturated/α-hetero) is 1. The second kappa shape index (κ2) is 10.6. The Bertz CT molecular complexity index is 1090. The number of anilines is 1. The first-order chi connectivity index (χ1) is 16.9. The number of piperidine rings is 1. The van der Waals surface area contributed by atoms with Gasteiger partial charge < -0.3 is 15.0 Å². The fraction of sp³-hybridized carbons (Fsp3) is 0.462. The Balaban J connectivity index is 1.59. The average molecular weight is 496 g/mol. The third-order valence-corrected chi connectivity index (χ3v) is 7.48. The Labute approximate surface area is 210 Å². The zero-order valence-corrected chi connectivity index (χ0v) is 20.8. The van der Waals surface area contributed by atoms with Crippen molar-refractivity contribution in [2.45, 2.75) is 31.2 Å². The predicted octanol–water partition coefficient (Wildman–Crippen LogP) is 3.61. The number of aromatic nitrogens is 1. The molecule has 184 valence electrons. The summed E-state index contributed by atoms with van der Waals surface area (Å²) in [5.74, 6) is 0.441. The number of pyridine rings is 1. The summed E-state index contributed by atoms with van der Waals surface area (Å²) in [6.07, 6.45) is 2.39. The van der Waals surface area contributed by atoms with E-state index in [2.05, 4.69) is 21.3 Å². The van der Waals surface area contributed by atoms with Gasteiger partial charge in [-0.15, -0.1) is 0 Å². The van der Waals surface area contributed by atoms with Gasteiger partial charge in [-0.1, -0.05) is 23.7 Å². The van der Waals surface area contributed by atoms with Crippen LogP contribution in [0.1, 0.15) is 36.8 Å². The van der Waals surface area contributed by atoms with Gasteiger partial charge in [-0.25, -0.2) is 9.78 Å². The molecule has 0 bridgehead atoms. The fourth-order valence-corrected chi connectivity index (χ4v) is 5.44. The van der Waals surface area contributed by atoms with E-state index in [-0.39, 0.29) is 24.2 Å². The SMILES string of the molecule is CCOC(=O)N(C)[C@]1(C(=O)C2CCN(c3ccc(C#N)cn3)CC2)CNC[C@H]1c1ccc(Cl)cc1. The van der Waals surface area contributed by atoms with Gasteiger partial charge >= 0.3 is 6.09 Å². The number of rotatable bonds is 6. The highest BCUT2D eigenvalue weighted by Gasteiger charge is 2.56. The van der Waals surface area contributed by atoms with E-state index in [0.29, 0.717) is 49.6 Å². The molecule has 2 fully saturated rings. The van der Waals surface area contributed by atoms with Crippen molar-refractivity contribution in [2.75, 3.05) is 44.7 Å². The van der Waals surface area contributed by atoms with E-state index in [0.717, 1.165) is 11.4 Å². The molecule has 0 saturated carbocycles. The number of halogens is 1. The third-order valence-electron chi connectivity index (χ3n) is 7.23. The zero-order valence-electron chi connectivity index (χ0n) is 20.0. The van der Waals surface area contributed by atoms with Gasteiger partial charge in [0.15, 0.2) is 5.78 Å². The van der Waals surface area contributed by atoms with Crippen molar-refractivity contribution in [2.24, 2.45) is 5.92 Å². The first-order valence-corrected chi connectivity index (χ1v) is 12.3. The summed E-state index contributed by atoms with van der Waals surface area (Å²) in [5.41, 5.74) is 0.424. The molecule has 1 amide bonds. The number of ether oxygens (including phenoxy) is 1. The first-order valence-electron chi connectivity index (χ1n) is 11.9. The molecule has 2 aromatic rings. The van der Waals surface area contributed by atoms with Crippen molar-refractivity contribution in [3.63, 3.8) is 0 Å². The van der Waals surface area contributed by atoms with Crippen LogP contribution in [0.25, 0.3) is 0 Å². The van der Waals surface area contributed by atoms with Crippen molar-refractivity contribution in [3.8, 4) is 6.07 Å². The number of amides is 1. The molecule has 0 aliphatic carbocycles. The summed E-state index contributed by atoms with van der Waals surface area (Å²) >= 11 is 6.12. The quantitative estimate of drug-likeness (QED) is 0.653. The van der Waals surface area contributed by atoms with Gasteiger partial charge in [-0.3, -0.25) is 9.69 Å². The van der Waals surface area contributed by atoms with E-state index in [1.54, 1.807) is 26.2 Å². The number of hydrogen-bond acceptors (Lipinski definition) is 7. The fourth-order valence-electron chi connectivity index (χ4n) is 5.31. The number of benzene rings is 1. The molecule has 2 saturated heterocycles. The summed E-state index contributed by atoms with van der Waals surface area (Å²) in [7, 11) is 1.67. The van der Waals surface area contributed by atoms with Gasteiger partial charge in [-0.05, 0) is 49.6 Å². The van der Waals surface area contributed by atoms with Crippen molar-refractivity contribution in [1.29, 1.82) is 5.26 Å². The Hall–Kier alpha value is -3.15. The maximum absolute atomic E-state index is 14.3. The van der Waals surface area contributed by atoms with E-state index in [1.165, 1.54) is 4.90 Å². The molecule has 2 aliphatic rings. The third kappa shape index (κ3) is 4.84. The van der Waals surface area contributed by atoms with E-state index in [9.17, 15) is 9.59 Å². The number of ketones is 1. The van der Waals surface area contributed by atoms with E-state index >= 15 is 0 Å². The minimum absolute atomic E-state index is 0.0606. The molecule has 1 aromatic carbocycles. The van der Waals surface area contributed by atoms with Gasteiger partial charge in [0.05, 0.1) is 12.2 Å². The number of nitrogens with one attached hydrogen (secondary N) is 1. The minimum Gasteiger partial charge on any atom is -0.450 e. The smallest absolute Gasteiger partial charge is 0.410 e. The lowest BCUT2D eigenvalue weighted by Crippen LogP contribution is -2.62. The molecular formula is C26H30ClN5O3. The molecule has 4 rings (SSSR count). The number of carbonyl (C=O) groups is 2. The zero-order chi connectivity index (χ0) is 25.0. The molecule has 9 heteroatoms. The first kappa shape index (κ1) is 25.0. The van der Waals surface area contributed by atoms with Crippen molar-refractivity contribution in [3.05, 3.63) is 58.7 Å². The standard InChI is InChI=1S/C26H30ClN5O3/c1-3-35-25(34)31(2)26(17-29-16-22(26)19-5-7-21(27)8-6-19)24(33)20-10-12-32(13-11-20)23-9-4-18(14-28)15-30-23/h4-9,15,20,22,29H,3,10-13,16-17H2,1-2H3/t22-,26+/m0/s1. The summed E-state index contributed by atoms with van der Waals surface area (Å²) in [6.45, 7) is 4.29. The molecule has 3 heterocycles. The van der Waals surface area contributed by atoms with Gasteiger partial charge in [0.25, 0.3) is 0 Å². The summed E-state index contributed by atoms with van der Waals surface area (Å²) in [4.78, 5) is 35.2. The Kier molecular flexibility index (Phi) is 7.58. The largest absolute Gasteiger partial charge is 0.450 e. The van der Waals surface area contributed by atoms with E-state index in [4.69, 9.17) is 21.6 Å². The molecule has 35 heavy (non-hydrogen) atoms. The summed E-state index contributed by atoms with van der Waals surface area (Å²) in [6, 6.07) is 13.2. The number of carbonyl (C=O) groups excluding carboxylic acids is 2. The van der Waals surface area contributed by atoms with Crippen molar-refractivity contribution >= 4 is 29.3 Å². The van der Waals surface area contributed by atoms with Crippen molar-refractivity contribution in [1.82, 2.24) is 15.2 Å². The lowest BCUT2D eigenvalue weighted by Gasteiger charge is -2.44. The molecular weight excluding hydrogens is 466 g/mol. The summed E-state index contributed by atoms with van der Waals surface area (Å²) in [5, 5.41) is 13.0. The van der Waals surface area contributed by atoms with Crippen LogP contribution in [0.15, 0.2) is 42.6 Å². The number of nitriles is 1. The van der Waals surface area contributed by atoms with Crippen LogP contribution in [-0.4, -0.2) is 67.1 Å². The van der Waals surface area contributed by atoms with Gasteiger partial charge in [0.2, 0.25) is 0 Å². The van der Waals surface area contributed by atoms with Crippen LogP contribution < -0.4 is 10.2 Å². The van der Waals surface area contributed by atoms with Crippen LogP contribution in [0.3, 0.4) is 0 Å². The van der Waals surface area contributed by atoms with Crippen LogP contribution in [-0.2, 0) is 9.53 Å². The lowest BCUT2D eigenvalue weighted by molar-refractivity contribution is -0.134. The molecule has 2 aliphatic heterocycles. The average Bonchev–Trinajstić information content (AvgIpc) is 3.34. The van der Waals surface area contributed by atoms with Crippen LogP contribution >= 0.6 is 11.6 Å². The number of nitrogens with zero attached hydrogens (tertiary/aromatic N) is 4. The van der Waals surface area contributed by atoms with Gasteiger partial charge in [-0.2, -0.15) is 5.26 Å². The maximum atomic E-state index is 14.3.